The van der Waals surface area contributed by atoms with Crippen LogP contribution < -0.4 is 10.1 Å². The number of piperazine rings is 1. The van der Waals surface area contributed by atoms with Crippen molar-refractivity contribution in [3.05, 3.63) is 41.9 Å². The van der Waals surface area contributed by atoms with E-state index in [1.54, 1.807) is 26.3 Å². The third-order valence-electron chi connectivity index (χ3n) is 4.38. The molecule has 0 saturated carbocycles. The van der Waals surface area contributed by atoms with Crippen molar-refractivity contribution in [2.75, 3.05) is 40.3 Å². The molecule has 2 aromatic rings. The number of hydrogen-bond donors (Lipinski definition) is 1. The number of methoxy groups -OCH3 is 1. The fourth-order valence-electron chi connectivity index (χ4n) is 2.94. The first-order valence-corrected chi connectivity index (χ1v) is 10.5. The molecule has 1 aliphatic heterocycles. The van der Waals surface area contributed by atoms with Gasteiger partial charge in [-0.2, -0.15) is 4.31 Å². The summed E-state index contributed by atoms with van der Waals surface area (Å²) in [5.41, 5.74) is 1.24. The van der Waals surface area contributed by atoms with E-state index in [2.05, 4.69) is 20.4 Å². The number of aromatic nitrogens is 2. The Morgan fingerprint density at radius 1 is 1.24 bits per heavy atom. The van der Waals surface area contributed by atoms with Gasteiger partial charge in [-0.05, 0) is 6.07 Å². The molecule has 3 heterocycles. The van der Waals surface area contributed by atoms with Gasteiger partial charge in [0.05, 0.1) is 25.0 Å². The molecule has 12 heteroatoms. The zero-order valence-corrected chi connectivity index (χ0v) is 19.5. The molecule has 0 atom stereocenters. The number of aliphatic imine (C=N–C) groups is 1. The van der Waals surface area contributed by atoms with Crippen molar-refractivity contribution in [1.29, 1.82) is 0 Å². The van der Waals surface area contributed by atoms with Crippen molar-refractivity contribution in [2.24, 2.45) is 4.99 Å². The van der Waals surface area contributed by atoms with E-state index >= 15 is 0 Å². The van der Waals surface area contributed by atoms with Gasteiger partial charge >= 0.3 is 0 Å². The van der Waals surface area contributed by atoms with Gasteiger partial charge in [0.1, 0.15) is 12.0 Å². The molecule has 29 heavy (non-hydrogen) atoms. The van der Waals surface area contributed by atoms with Gasteiger partial charge in [-0.25, -0.2) is 13.4 Å². The molecule has 0 unspecified atom stereocenters. The van der Waals surface area contributed by atoms with Crippen LogP contribution in [0.3, 0.4) is 0 Å². The minimum Gasteiger partial charge on any atom is -0.481 e. The van der Waals surface area contributed by atoms with Gasteiger partial charge in [0.25, 0.3) is 0 Å². The SMILES string of the molecule is CN=C(NCc1cccc(OC)n1)N1CCN(S(=O)(=O)Cc2ccon2)CC1.I. The Hall–Kier alpha value is -1.93. The van der Waals surface area contributed by atoms with E-state index in [0.29, 0.717) is 50.3 Å². The number of nitrogens with zero attached hydrogens (tertiary/aromatic N) is 5. The summed E-state index contributed by atoms with van der Waals surface area (Å²) in [4.78, 5) is 10.7. The van der Waals surface area contributed by atoms with Crippen LogP contribution in [0.1, 0.15) is 11.4 Å². The molecule has 10 nitrogen and oxygen atoms in total. The topological polar surface area (TPSA) is 113 Å². The monoisotopic (exact) mass is 536 g/mol. The first kappa shape index (κ1) is 23.3. The molecule has 1 fully saturated rings. The molecule has 3 rings (SSSR count). The Morgan fingerprint density at radius 3 is 2.62 bits per heavy atom. The maximum absolute atomic E-state index is 12.5. The molecule has 0 spiro atoms. The third-order valence-corrected chi connectivity index (χ3v) is 6.20. The van der Waals surface area contributed by atoms with Crippen LogP contribution in [0.2, 0.25) is 0 Å². The van der Waals surface area contributed by atoms with Crippen molar-refractivity contribution in [2.45, 2.75) is 12.3 Å². The van der Waals surface area contributed by atoms with Crippen molar-refractivity contribution in [1.82, 2.24) is 24.7 Å². The highest BCUT2D eigenvalue weighted by atomic mass is 127. The van der Waals surface area contributed by atoms with E-state index in [1.807, 2.05) is 17.0 Å². The number of guanidine groups is 1. The Labute approximate surface area is 187 Å². The van der Waals surface area contributed by atoms with Crippen molar-refractivity contribution in [3.8, 4) is 5.88 Å². The van der Waals surface area contributed by atoms with E-state index in [1.165, 1.54) is 10.6 Å². The van der Waals surface area contributed by atoms with Gasteiger partial charge in [0, 0.05) is 45.4 Å². The van der Waals surface area contributed by atoms with Gasteiger partial charge < -0.3 is 19.5 Å². The quantitative estimate of drug-likeness (QED) is 0.330. The molecular formula is C17H25IN6O4S. The van der Waals surface area contributed by atoms with Gasteiger partial charge in [0.2, 0.25) is 15.9 Å². The fourth-order valence-corrected chi connectivity index (χ4v) is 4.36. The van der Waals surface area contributed by atoms with Crippen LogP contribution in [0.5, 0.6) is 5.88 Å². The summed E-state index contributed by atoms with van der Waals surface area (Å²) in [5, 5.41) is 6.95. The van der Waals surface area contributed by atoms with Crippen molar-refractivity contribution in [3.63, 3.8) is 0 Å². The van der Waals surface area contributed by atoms with Gasteiger partial charge in [-0.15, -0.1) is 24.0 Å². The Bertz CT molecular complexity index is 898. The lowest BCUT2D eigenvalue weighted by Gasteiger charge is -2.35. The van der Waals surface area contributed by atoms with Crippen LogP contribution >= 0.6 is 24.0 Å². The summed E-state index contributed by atoms with van der Waals surface area (Å²) >= 11 is 0. The van der Waals surface area contributed by atoms with E-state index in [0.717, 1.165) is 5.69 Å². The van der Waals surface area contributed by atoms with E-state index in [-0.39, 0.29) is 29.7 Å². The second-order valence-corrected chi connectivity index (χ2v) is 8.17. The molecule has 0 aromatic carbocycles. The number of ether oxygens (including phenoxy) is 1. The van der Waals surface area contributed by atoms with Crippen LogP contribution in [0, 0.1) is 0 Å². The lowest BCUT2D eigenvalue weighted by molar-refractivity contribution is 0.259. The number of halogens is 1. The smallest absolute Gasteiger partial charge is 0.220 e. The van der Waals surface area contributed by atoms with Crippen LogP contribution in [-0.2, 0) is 22.3 Å². The van der Waals surface area contributed by atoms with E-state index in [4.69, 9.17) is 9.26 Å². The zero-order chi connectivity index (χ0) is 20.0. The molecule has 0 amide bonds. The third kappa shape index (κ3) is 6.27. The molecule has 160 valence electrons. The second kappa shape index (κ2) is 10.7. The predicted molar refractivity (Wildman–Crippen MR) is 119 cm³/mol. The Balaban J connectivity index is 0.00000300. The predicted octanol–water partition coefficient (Wildman–Crippen LogP) is 0.919. The van der Waals surface area contributed by atoms with Crippen LogP contribution in [0.15, 0.2) is 40.0 Å². The lowest BCUT2D eigenvalue weighted by atomic mass is 10.3. The van der Waals surface area contributed by atoms with Gasteiger partial charge in [-0.3, -0.25) is 4.99 Å². The Kier molecular flexibility index (Phi) is 8.64. The largest absolute Gasteiger partial charge is 0.481 e. The summed E-state index contributed by atoms with van der Waals surface area (Å²) in [6.07, 6.45) is 1.37. The molecule has 1 N–H and O–H groups in total. The first-order chi connectivity index (χ1) is 13.5. The van der Waals surface area contributed by atoms with Gasteiger partial charge in [0.15, 0.2) is 5.96 Å². The number of rotatable bonds is 6. The molecule has 0 radical (unpaired) electrons. The minimum absolute atomic E-state index is 0. The van der Waals surface area contributed by atoms with Gasteiger partial charge in [-0.1, -0.05) is 11.2 Å². The lowest BCUT2D eigenvalue weighted by Crippen LogP contribution is -2.53. The first-order valence-electron chi connectivity index (χ1n) is 8.84. The molecule has 0 aliphatic carbocycles. The second-order valence-electron chi connectivity index (χ2n) is 6.21. The number of hydrogen-bond acceptors (Lipinski definition) is 7. The molecule has 1 aliphatic rings. The average Bonchev–Trinajstić information content (AvgIpc) is 3.21. The standard InChI is InChI=1S/C17H24N6O4S.HI/c1-18-17(19-12-14-4-3-5-16(20-14)26-2)22-7-9-23(10-8-22)28(24,25)13-15-6-11-27-21-15;/h3-6,11H,7-10,12-13H2,1-2H3,(H,18,19);1H. The summed E-state index contributed by atoms with van der Waals surface area (Å²) in [6.45, 7) is 2.36. The highest BCUT2D eigenvalue weighted by Gasteiger charge is 2.28. The normalized spacial score (nSPS) is 15.7. The maximum Gasteiger partial charge on any atom is 0.220 e. The van der Waals surface area contributed by atoms with E-state index < -0.39 is 10.0 Å². The average molecular weight is 536 g/mol. The highest BCUT2D eigenvalue weighted by Crippen LogP contribution is 2.13. The van der Waals surface area contributed by atoms with Crippen LogP contribution in [-0.4, -0.2) is 74.1 Å². The molecule has 2 aromatic heterocycles. The zero-order valence-electron chi connectivity index (χ0n) is 16.3. The van der Waals surface area contributed by atoms with Crippen LogP contribution in [0.4, 0.5) is 0 Å². The maximum atomic E-state index is 12.5. The molecular weight excluding hydrogens is 511 g/mol. The number of sulfonamides is 1. The summed E-state index contributed by atoms with van der Waals surface area (Å²) in [6, 6.07) is 7.13. The fraction of sp³-hybridized carbons (Fsp3) is 0.471. The van der Waals surface area contributed by atoms with Crippen molar-refractivity contribution >= 4 is 40.0 Å². The Morgan fingerprint density at radius 2 is 2.00 bits per heavy atom. The van der Waals surface area contributed by atoms with E-state index in [9.17, 15) is 8.42 Å². The molecule has 0 bridgehead atoms. The molecule has 1 saturated heterocycles. The minimum atomic E-state index is -3.43. The number of pyridine rings is 1. The number of nitrogens with one attached hydrogen (secondary N) is 1. The van der Waals surface area contributed by atoms with Crippen LogP contribution in [0.25, 0.3) is 0 Å². The highest BCUT2D eigenvalue weighted by molar-refractivity contribution is 14.0. The summed E-state index contributed by atoms with van der Waals surface area (Å²) in [5.74, 6) is 1.11. The van der Waals surface area contributed by atoms with Crippen molar-refractivity contribution < 1.29 is 17.7 Å². The summed E-state index contributed by atoms with van der Waals surface area (Å²) in [7, 11) is -0.144. The summed E-state index contributed by atoms with van der Waals surface area (Å²) < 4.78 is 36.4.